The van der Waals surface area contributed by atoms with Gasteiger partial charge in [-0.25, -0.2) is 0 Å². The van der Waals surface area contributed by atoms with Gasteiger partial charge < -0.3 is 10.2 Å². The van der Waals surface area contributed by atoms with Crippen molar-refractivity contribution in [3.63, 3.8) is 0 Å². The Kier molecular flexibility index (Phi) is 43.3. The lowest BCUT2D eigenvalue weighted by atomic mass is 9.90. The molecule has 0 saturated carbocycles. The van der Waals surface area contributed by atoms with Crippen molar-refractivity contribution in [3.05, 3.63) is 30.3 Å². The van der Waals surface area contributed by atoms with Gasteiger partial charge in [-0.2, -0.15) is 0 Å². The third-order valence-electron chi connectivity index (χ3n) is 2.76. The van der Waals surface area contributed by atoms with Crippen molar-refractivity contribution in [2.45, 2.75) is 82.6 Å². The van der Waals surface area contributed by atoms with Crippen LogP contribution >= 0.6 is 0 Å². The van der Waals surface area contributed by atoms with Crippen molar-refractivity contribution < 1.29 is 0 Å². The maximum Gasteiger partial charge on any atom is 0.0337 e. The van der Waals surface area contributed by atoms with E-state index in [-0.39, 0.29) is 0 Å². The summed E-state index contributed by atoms with van der Waals surface area (Å²) in [7, 11) is 6.16. The van der Waals surface area contributed by atoms with Gasteiger partial charge in [-0.05, 0) is 38.1 Å². The Hall–Kier alpha value is -1.02. The first-order chi connectivity index (χ1) is 11.9. The molecule has 1 aromatic carbocycles. The molecule has 1 N–H and O–H groups in total. The van der Waals surface area contributed by atoms with E-state index in [9.17, 15) is 0 Å². The van der Waals surface area contributed by atoms with E-state index in [1.165, 1.54) is 13.0 Å². The highest BCUT2D eigenvalue weighted by Crippen LogP contribution is 2.19. The number of hydrogen-bond donors (Lipinski definition) is 1. The highest BCUT2D eigenvalue weighted by atomic mass is 15.1. The van der Waals surface area contributed by atoms with Gasteiger partial charge in [0.05, 0.1) is 0 Å². The number of para-hydroxylation sites is 1. The van der Waals surface area contributed by atoms with E-state index in [0.29, 0.717) is 5.41 Å². The molecule has 1 rings (SSSR count). The zero-order valence-electron chi connectivity index (χ0n) is 20.2. The predicted octanol–water partition coefficient (Wildman–Crippen LogP) is 7.82. The lowest BCUT2D eigenvalue weighted by Crippen LogP contribution is -2.27. The molecule has 0 saturated heterocycles. The van der Waals surface area contributed by atoms with Gasteiger partial charge >= 0.3 is 0 Å². The highest BCUT2D eigenvalue weighted by molar-refractivity contribution is 5.41. The third-order valence-corrected chi connectivity index (χ3v) is 2.76. The molecule has 0 aliphatic rings. The molecule has 0 fully saturated rings. The van der Waals surface area contributed by atoms with Gasteiger partial charge in [0.2, 0.25) is 0 Å². The second-order valence-corrected chi connectivity index (χ2v) is 5.37. The van der Waals surface area contributed by atoms with E-state index in [1.807, 2.05) is 92.8 Å². The van der Waals surface area contributed by atoms with E-state index >= 15 is 0 Å². The molecule has 0 heterocycles. The lowest BCUT2D eigenvalue weighted by molar-refractivity contribution is 0.233. The average molecular weight is 357 g/mol. The summed E-state index contributed by atoms with van der Waals surface area (Å²) < 4.78 is 0. The summed E-state index contributed by atoms with van der Waals surface area (Å²) in [4.78, 5) is 2.24. The van der Waals surface area contributed by atoms with Crippen molar-refractivity contribution >= 4 is 5.69 Å². The molecule has 0 radical (unpaired) electrons. The summed E-state index contributed by atoms with van der Waals surface area (Å²) in [5, 5.41) is 3.03. The standard InChI is InChI=1S/C8H19N.C7H9N.4C2H6/c1-6-8(2,3)7-9(4)5;1-8-7-5-3-2-4-6-7;4*1-2/h6-7H2,1-5H3;2-6,8H,1H3;4*1-2H3. The monoisotopic (exact) mass is 356 g/mol. The van der Waals surface area contributed by atoms with Crippen LogP contribution in [0, 0.1) is 5.41 Å². The highest BCUT2D eigenvalue weighted by Gasteiger charge is 2.14. The molecule has 0 aliphatic heterocycles. The Labute approximate surface area is 162 Å². The Morgan fingerprint density at radius 3 is 1.32 bits per heavy atom. The Bertz CT molecular complexity index is 279. The minimum atomic E-state index is 0.490. The fourth-order valence-electron chi connectivity index (χ4n) is 1.57. The van der Waals surface area contributed by atoms with Crippen LogP contribution in [0.15, 0.2) is 30.3 Å². The van der Waals surface area contributed by atoms with Gasteiger partial charge in [-0.1, -0.05) is 94.4 Å². The smallest absolute Gasteiger partial charge is 0.0337 e. The molecule has 0 aromatic heterocycles. The summed E-state index contributed by atoms with van der Waals surface area (Å²) in [5.41, 5.74) is 1.65. The van der Waals surface area contributed by atoms with E-state index in [4.69, 9.17) is 0 Å². The summed E-state index contributed by atoms with van der Waals surface area (Å²) in [6.45, 7) is 24.0. The van der Waals surface area contributed by atoms with Crippen LogP contribution in [-0.2, 0) is 0 Å². The number of nitrogens with zero attached hydrogens (tertiary/aromatic N) is 1. The van der Waals surface area contributed by atoms with Gasteiger partial charge in [0, 0.05) is 19.3 Å². The number of anilines is 1. The second-order valence-electron chi connectivity index (χ2n) is 5.37. The van der Waals surface area contributed by atoms with Gasteiger partial charge in [0.1, 0.15) is 0 Å². The summed E-state index contributed by atoms with van der Waals surface area (Å²) in [6.07, 6.45) is 1.26. The number of hydrogen-bond acceptors (Lipinski definition) is 2. The molecule has 2 heteroatoms. The Balaban J connectivity index is -0.0000000763. The normalized spacial score (nSPS) is 8.28. The van der Waals surface area contributed by atoms with E-state index in [0.717, 1.165) is 5.69 Å². The number of rotatable bonds is 4. The van der Waals surface area contributed by atoms with E-state index < -0.39 is 0 Å². The zero-order chi connectivity index (χ0) is 21.3. The van der Waals surface area contributed by atoms with Crippen molar-refractivity contribution in [3.8, 4) is 0 Å². The van der Waals surface area contributed by atoms with Crippen LogP contribution in [0.3, 0.4) is 0 Å². The van der Waals surface area contributed by atoms with Gasteiger partial charge in [-0.3, -0.25) is 0 Å². The molecule has 0 atom stereocenters. The third kappa shape index (κ3) is 35.1. The van der Waals surface area contributed by atoms with Crippen LogP contribution < -0.4 is 5.32 Å². The second kappa shape index (κ2) is 30.8. The van der Waals surface area contributed by atoms with E-state index in [1.54, 1.807) is 0 Å². The molecule has 0 unspecified atom stereocenters. The SMILES string of the molecule is CC.CC.CC.CC.CCC(C)(C)CN(C)C.CNc1ccccc1. The first-order valence-corrected chi connectivity index (χ1v) is 10.3. The largest absolute Gasteiger partial charge is 0.388 e. The van der Waals surface area contributed by atoms with Gasteiger partial charge in [-0.15, -0.1) is 0 Å². The molecule has 0 amide bonds. The van der Waals surface area contributed by atoms with Crippen LogP contribution in [0.4, 0.5) is 5.69 Å². The van der Waals surface area contributed by atoms with Crippen molar-refractivity contribution in [1.82, 2.24) is 4.90 Å². The maximum atomic E-state index is 3.03. The van der Waals surface area contributed by atoms with Crippen molar-refractivity contribution in [2.24, 2.45) is 5.41 Å². The Morgan fingerprint density at radius 1 is 0.800 bits per heavy atom. The van der Waals surface area contributed by atoms with Crippen LogP contribution in [0.1, 0.15) is 82.6 Å². The molecule has 0 bridgehead atoms. The first-order valence-electron chi connectivity index (χ1n) is 10.3. The summed E-state index contributed by atoms with van der Waals surface area (Å²) >= 11 is 0. The van der Waals surface area contributed by atoms with Gasteiger partial charge in [0.15, 0.2) is 0 Å². The van der Waals surface area contributed by atoms with Crippen molar-refractivity contribution in [1.29, 1.82) is 0 Å². The quantitative estimate of drug-likeness (QED) is 0.591. The number of nitrogens with one attached hydrogen (secondary N) is 1. The molecular weight excluding hydrogens is 304 g/mol. The maximum absolute atomic E-state index is 3.03. The van der Waals surface area contributed by atoms with Crippen LogP contribution in [-0.4, -0.2) is 32.6 Å². The molecule has 0 aliphatic carbocycles. The topological polar surface area (TPSA) is 15.3 Å². The molecule has 0 spiro atoms. The fraction of sp³-hybridized carbons (Fsp3) is 0.739. The number of benzene rings is 1. The molecule has 2 nitrogen and oxygen atoms in total. The average Bonchev–Trinajstić information content (AvgIpc) is 2.68. The van der Waals surface area contributed by atoms with Crippen LogP contribution in [0.5, 0.6) is 0 Å². The van der Waals surface area contributed by atoms with E-state index in [2.05, 4.69) is 45.1 Å². The molecule has 1 aromatic rings. The molecule has 25 heavy (non-hydrogen) atoms. The molecule has 154 valence electrons. The molecular formula is C23H52N2. The van der Waals surface area contributed by atoms with Crippen LogP contribution in [0.2, 0.25) is 0 Å². The summed E-state index contributed by atoms with van der Waals surface area (Å²) in [6, 6.07) is 10.1. The Morgan fingerprint density at radius 2 is 1.16 bits per heavy atom. The summed E-state index contributed by atoms with van der Waals surface area (Å²) in [5.74, 6) is 0. The lowest BCUT2D eigenvalue weighted by Gasteiger charge is -2.26. The van der Waals surface area contributed by atoms with Crippen LogP contribution in [0.25, 0.3) is 0 Å². The zero-order valence-corrected chi connectivity index (χ0v) is 20.2. The minimum Gasteiger partial charge on any atom is -0.388 e. The predicted molar refractivity (Wildman–Crippen MR) is 124 cm³/mol. The fourth-order valence-corrected chi connectivity index (χ4v) is 1.57. The van der Waals surface area contributed by atoms with Gasteiger partial charge in [0.25, 0.3) is 0 Å². The first kappa shape index (κ1) is 35.2. The van der Waals surface area contributed by atoms with Crippen molar-refractivity contribution in [2.75, 3.05) is 33.0 Å². The minimum absolute atomic E-state index is 0.490.